The van der Waals surface area contributed by atoms with Crippen LogP contribution in [0, 0.1) is 10.1 Å². The molecule has 0 aliphatic heterocycles. The molecule has 0 saturated heterocycles. The van der Waals surface area contributed by atoms with Crippen LogP contribution in [-0.4, -0.2) is 58.5 Å². The summed E-state index contributed by atoms with van der Waals surface area (Å²) in [5.74, 6) is 0.311. The second-order valence-electron chi connectivity index (χ2n) is 7.16. The van der Waals surface area contributed by atoms with Gasteiger partial charge < -0.3 is 19.5 Å². The van der Waals surface area contributed by atoms with Gasteiger partial charge in [0.2, 0.25) is 5.16 Å². The first kappa shape index (κ1) is 25.6. The number of aromatic nitrogens is 3. The summed E-state index contributed by atoms with van der Waals surface area (Å²) in [7, 11) is 3.06. The molecule has 3 aromatic rings. The summed E-state index contributed by atoms with van der Waals surface area (Å²) in [6, 6.07) is 9.59. The Kier molecular flexibility index (Phi) is 8.31. The van der Waals surface area contributed by atoms with Crippen molar-refractivity contribution in [2.75, 3.05) is 32.2 Å². The first-order valence-electron chi connectivity index (χ1n) is 10.6. The molecule has 0 fully saturated rings. The van der Waals surface area contributed by atoms with Crippen LogP contribution in [0.15, 0.2) is 46.5 Å². The maximum Gasteiger partial charge on any atom is 0.342 e. The summed E-state index contributed by atoms with van der Waals surface area (Å²) in [4.78, 5) is 29.2. The van der Waals surface area contributed by atoms with E-state index in [1.165, 1.54) is 32.4 Å². The monoisotopic (exact) mass is 499 g/mol. The van der Waals surface area contributed by atoms with Crippen LogP contribution >= 0.6 is 11.8 Å². The number of rotatable bonds is 11. The summed E-state index contributed by atoms with van der Waals surface area (Å²) in [6.07, 6.45) is 1.40. The van der Waals surface area contributed by atoms with E-state index in [1.54, 1.807) is 24.3 Å². The van der Waals surface area contributed by atoms with Crippen molar-refractivity contribution in [3.63, 3.8) is 0 Å². The molecule has 0 aliphatic rings. The highest BCUT2D eigenvalue weighted by atomic mass is 32.2. The van der Waals surface area contributed by atoms with E-state index in [1.807, 2.05) is 18.7 Å². The Labute approximate surface area is 205 Å². The zero-order valence-corrected chi connectivity index (χ0v) is 20.5. The number of H-pyrrole nitrogens is 1. The van der Waals surface area contributed by atoms with Gasteiger partial charge in [0.25, 0.3) is 5.69 Å². The van der Waals surface area contributed by atoms with Crippen LogP contribution in [0.2, 0.25) is 0 Å². The number of ether oxygens (including phenoxy) is 2. The van der Waals surface area contributed by atoms with Gasteiger partial charge in [0.15, 0.2) is 5.82 Å². The van der Waals surface area contributed by atoms with Gasteiger partial charge in [0, 0.05) is 48.1 Å². The number of aliphatic carboxylic acids is 1. The van der Waals surface area contributed by atoms with E-state index >= 15 is 0 Å². The number of methoxy groups -OCH3 is 2. The Bertz CT molecular complexity index is 1230. The van der Waals surface area contributed by atoms with Crippen molar-refractivity contribution < 1.29 is 24.3 Å². The predicted octanol–water partition coefficient (Wildman–Crippen LogP) is 4.46. The fourth-order valence-corrected chi connectivity index (χ4v) is 4.06. The van der Waals surface area contributed by atoms with E-state index in [-0.39, 0.29) is 15.7 Å². The van der Waals surface area contributed by atoms with E-state index in [0.29, 0.717) is 47.2 Å². The molecular weight excluding hydrogens is 474 g/mol. The van der Waals surface area contributed by atoms with Gasteiger partial charge in [-0.3, -0.25) is 15.2 Å². The van der Waals surface area contributed by atoms with Crippen molar-refractivity contribution in [1.82, 2.24) is 15.2 Å². The molecule has 11 nitrogen and oxygen atoms in total. The van der Waals surface area contributed by atoms with Crippen LogP contribution in [0.1, 0.15) is 19.4 Å². The van der Waals surface area contributed by atoms with Crippen LogP contribution in [0.3, 0.4) is 0 Å². The van der Waals surface area contributed by atoms with Crippen molar-refractivity contribution in [1.29, 1.82) is 0 Å². The molecule has 12 heteroatoms. The molecular formula is C23H25N5O6S. The van der Waals surface area contributed by atoms with E-state index in [0.717, 1.165) is 11.8 Å². The maximum absolute atomic E-state index is 12.1. The molecule has 0 spiro atoms. The van der Waals surface area contributed by atoms with Gasteiger partial charge in [-0.25, -0.2) is 9.78 Å². The number of hydrogen-bond donors (Lipinski definition) is 2. The van der Waals surface area contributed by atoms with Crippen LogP contribution in [0.25, 0.3) is 17.5 Å². The van der Waals surface area contributed by atoms with E-state index in [4.69, 9.17) is 9.47 Å². The standard InChI is InChI=1S/C23H25N5O6S/c1-5-27(6-2)19-8-7-16(28(31)32)9-14(19)12-20(22(29)30)35-23-24-21(25-26-23)15-10-17(33-3)13-18(11-15)34-4/h7-13H,5-6H2,1-4H3,(H,29,30)(H,24,25,26)/b20-12+. The molecule has 2 aromatic carbocycles. The third-order valence-electron chi connectivity index (χ3n) is 5.11. The number of non-ortho nitro benzene ring substituents is 1. The highest BCUT2D eigenvalue weighted by Crippen LogP contribution is 2.33. The zero-order valence-electron chi connectivity index (χ0n) is 19.6. The van der Waals surface area contributed by atoms with Gasteiger partial charge >= 0.3 is 5.97 Å². The summed E-state index contributed by atoms with van der Waals surface area (Å²) in [6.45, 7) is 5.21. The van der Waals surface area contributed by atoms with Gasteiger partial charge in [-0.05, 0) is 49.9 Å². The second-order valence-corrected chi connectivity index (χ2v) is 8.17. The molecule has 0 unspecified atom stereocenters. The van der Waals surface area contributed by atoms with Crippen LogP contribution < -0.4 is 14.4 Å². The zero-order chi connectivity index (χ0) is 25.5. The number of benzene rings is 2. The summed E-state index contributed by atoms with van der Waals surface area (Å²) in [5, 5.41) is 28.3. The fourth-order valence-electron chi connectivity index (χ4n) is 3.36. The number of nitrogens with zero attached hydrogens (tertiary/aromatic N) is 4. The lowest BCUT2D eigenvalue weighted by molar-refractivity contribution is -0.384. The molecule has 0 aliphatic carbocycles. The number of nitrogens with one attached hydrogen (secondary N) is 1. The lowest BCUT2D eigenvalue weighted by Crippen LogP contribution is -2.22. The van der Waals surface area contributed by atoms with Crippen LogP contribution in [-0.2, 0) is 4.79 Å². The molecule has 3 rings (SSSR count). The third kappa shape index (κ3) is 6.09. The number of carboxylic acids is 1. The summed E-state index contributed by atoms with van der Waals surface area (Å²) in [5.41, 5.74) is 1.62. The maximum atomic E-state index is 12.1. The molecule has 35 heavy (non-hydrogen) atoms. The number of nitro benzene ring substituents is 1. The number of thioether (sulfide) groups is 1. The number of hydrogen-bond acceptors (Lipinski definition) is 9. The number of aromatic amines is 1. The average molecular weight is 500 g/mol. The summed E-state index contributed by atoms with van der Waals surface area (Å²) < 4.78 is 10.6. The molecule has 0 amide bonds. The Morgan fingerprint density at radius 3 is 2.37 bits per heavy atom. The quantitative estimate of drug-likeness (QED) is 0.168. The minimum absolute atomic E-state index is 0.0901. The SMILES string of the molecule is CCN(CC)c1ccc([N+](=O)[O-])cc1/C=C(/Sc1n[nH]c(-c2cc(OC)cc(OC)c2)n1)C(=O)O. The largest absolute Gasteiger partial charge is 0.497 e. The third-order valence-corrected chi connectivity index (χ3v) is 5.99. The Hall–Kier alpha value is -4.06. The highest BCUT2D eigenvalue weighted by molar-refractivity contribution is 8.04. The lowest BCUT2D eigenvalue weighted by atomic mass is 10.1. The van der Waals surface area contributed by atoms with Crippen LogP contribution in [0.4, 0.5) is 11.4 Å². The molecule has 184 valence electrons. The number of anilines is 1. The number of carbonyl (C=O) groups is 1. The molecule has 0 atom stereocenters. The first-order chi connectivity index (χ1) is 16.8. The first-order valence-corrected chi connectivity index (χ1v) is 11.4. The van der Waals surface area contributed by atoms with E-state index in [9.17, 15) is 20.0 Å². The fraction of sp³-hybridized carbons (Fsp3) is 0.261. The molecule has 1 heterocycles. The van der Waals surface area contributed by atoms with Crippen molar-refractivity contribution in [3.05, 3.63) is 57.0 Å². The molecule has 0 radical (unpaired) electrons. The highest BCUT2D eigenvalue weighted by Gasteiger charge is 2.19. The smallest absolute Gasteiger partial charge is 0.342 e. The van der Waals surface area contributed by atoms with E-state index in [2.05, 4.69) is 15.2 Å². The van der Waals surface area contributed by atoms with Crippen LogP contribution in [0.5, 0.6) is 11.5 Å². The number of carboxylic acid groups (broad SMARTS) is 1. The Morgan fingerprint density at radius 1 is 1.17 bits per heavy atom. The molecule has 1 aromatic heterocycles. The average Bonchev–Trinajstić information content (AvgIpc) is 3.33. The second kappa shape index (κ2) is 11.4. The Balaban J connectivity index is 1.99. The van der Waals surface area contributed by atoms with Crippen molar-refractivity contribution in [3.8, 4) is 22.9 Å². The van der Waals surface area contributed by atoms with Gasteiger partial charge in [-0.1, -0.05) is 0 Å². The van der Waals surface area contributed by atoms with Crippen molar-refractivity contribution in [2.45, 2.75) is 19.0 Å². The van der Waals surface area contributed by atoms with Gasteiger partial charge in [0.1, 0.15) is 16.4 Å². The predicted molar refractivity (Wildman–Crippen MR) is 133 cm³/mol. The number of nitro groups is 1. The minimum Gasteiger partial charge on any atom is -0.497 e. The molecule has 0 bridgehead atoms. The van der Waals surface area contributed by atoms with E-state index < -0.39 is 10.9 Å². The van der Waals surface area contributed by atoms with Gasteiger partial charge in [-0.2, -0.15) is 0 Å². The normalized spacial score (nSPS) is 11.3. The molecule has 2 N–H and O–H groups in total. The van der Waals surface area contributed by atoms with Crippen molar-refractivity contribution >= 4 is 35.2 Å². The Morgan fingerprint density at radius 2 is 1.83 bits per heavy atom. The van der Waals surface area contributed by atoms with Gasteiger partial charge in [-0.15, -0.1) is 5.10 Å². The molecule has 0 saturated carbocycles. The van der Waals surface area contributed by atoms with Gasteiger partial charge in [0.05, 0.1) is 19.1 Å². The lowest BCUT2D eigenvalue weighted by Gasteiger charge is -2.23. The minimum atomic E-state index is -1.21. The topological polar surface area (TPSA) is 144 Å². The summed E-state index contributed by atoms with van der Waals surface area (Å²) >= 11 is 0.834. The van der Waals surface area contributed by atoms with Crippen molar-refractivity contribution in [2.24, 2.45) is 0 Å².